The van der Waals surface area contributed by atoms with E-state index in [9.17, 15) is 9.90 Å². The number of aliphatic carboxylic acids is 1. The van der Waals surface area contributed by atoms with Crippen LogP contribution >= 0.6 is 15.9 Å². The molecule has 0 spiro atoms. The van der Waals surface area contributed by atoms with Crippen LogP contribution in [-0.4, -0.2) is 35.1 Å². The van der Waals surface area contributed by atoms with E-state index >= 15 is 0 Å². The van der Waals surface area contributed by atoms with Gasteiger partial charge in [0.25, 0.3) is 0 Å². The van der Waals surface area contributed by atoms with Crippen LogP contribution in [0, 0.1) is 0 Å². The molecule has 0 aromatic heterocycles. The fourth-order valence-electron chi connectivity index (χ4n) is 2.49. The van der Waals surface area contributed by atoms with Gasteiger partial charge in [0, 0.05) is 4.47 Å². The normalized spacial score (nSPS) is 18.5. The fraction of sp³-hybridized carbons (Fsp3) is 0.500. The van der Waals surface area contributed by atoms with Crippen LogP contribution in [0.4, 0.5) is 0 Å². The lowest BCUT2D eigenvalue weighted by atomic mass is 10.0. The molecule has 0 bridgehead atoms. The molecule has 1 aliphatic heterocycles. The first-order valence-electron chi connectivity index (χ1n) is 6.38. The zero-order chi connectivity index (χ0) is 13.0. The highest BCUT2D eigenvalue weighted by Gasteiger charge is 2.26. The monoisotopic (exact) mass is 311 g/mol. The van der Waals surface area contributed by atoms with Crippen LogP contribution in [0.2, 0.25) is 0 Å². The molecule has 0 aliphatic carbocycles. The first-order chi connectivity index (χ1) is 8.66. The van der Waals surface area contributed by atoms with Crippen LogP contribution in [0.25, 0.3) is 0 Å². The molecule has 1 heterocycles. The number of hydrogen-bond acceptors (Lipinski definition) is 2. The van der Waals surface area contributed by atoms with E-state index in [1.165, 1.54) is 6.42 Å². The van der Waals surface area contributed by atoms with Gasteiger partial charge in [-0.1, -0.05) is 34.5 Å². The van der Waals surface area contributed by atoms with Crippen LogP contribution in [0.15, 0.2) is 28.7 Å². The lowest BCUT2D eigenvalue weighted by molar-refractivity contribution is -0.143. The summed E-state index contributed by atoms with van der Waals surface area (Å²) in [5.74, 6) is -0.711. The zero-order valence-electron chi connectivity index (χ0n) is 10.3. The minimum Gasteiger partial charge on any atom is -0.480 e. The van der Waals surface area contributed by atoms with Gasteiger partial charge >= 0.3 is 5.97 Å². The first kappa shape index (κ1) is 13.6. The fourth-order valence-corrected chi connectivity index (χ4v) is 2.94. The number of carboxylic acid groups (broad SMARTS) is 1. The van der Waals surface area contributed by atoms with E-state index in [0.29, 0.717) is 6.42 Å². The Morgan fingerprint density at radius 2 is 2.06 bits per heavy atom. The van der Waals surface area contributed by atoms with Crippen molar-refractivity contribution in [1.82, 2.24) is 4.90 Å². The van der Waals surface area contributed by atoms with Crippen molar-refractivity contribution >= 4 is 21.9 Å². The molecular formula is C14H18BrNO2. The van der Waals surface area contributed by atoms with Crippen LogP contribution in [0.5, 0.6) is 0 Å². The van der Waals surface area contributed by atoms with Gasteiger partial charge in [-0.25, -0.2) is 0 Å². The maximum absolute atomic E-state index is 11.4. The molecule has 1 fully saturated rings. The number of carbonyl (C=O) groups is 1. The Morgan fingerprint density at radius 3 is 2.67 bits per heavy atom. The Kier molecular flexibility index (Phi) is 4.78. The largest absolute Gasteiger partial charge is 0.480 e. The molecule has 0 amide bonds. The summed E-state index contributed by atoms with van der Waals surface area (Å²) in [6.45, 7) is 1.82. The predicted molar refractivity (Wildman–Crippen MR) is 74.7 cm³/mol. The van der Waals surface area contributed by atoms with Crippen molar-refractivity contribution in [2.75, 3.05) is 13.1 Å². The summed E-state index contributed by atoms with van der Waals surface area (Å²) in [4.78, 5) is 13.5. The Balaban J connectivity index is 2.08. The van der Waals surface area contributed by atoms with E-state index in [1.807, 2.05) is 24.3 Å². The van der Waals surface area contributed by atoms with E-state index in [0.717, 1.165) is 36.0 Å². The van der Waals surface area contributed by atoms with Crippen molar-refractivity contribution in [3.8, 4) is 0 Å². The molecule has 0 saturated carbocycles. The molecule has 98 valence electrons. The Hall–Kier alpha value is -0.870. The van der Waals surface area contributed by atoms with Crippen molar-refractivity contribution in [3.05, 3.63) is 34.3 Å². The standard InChI is InChI=1S/C14H18BrNO2/c15-12-6-4-5-11(9-12)10-13(14(17)18)16-7-2-1-3-8-16/h4-6,9,13H,1-3,7-8,10H2,(H,17,18)/t13-/m1/s1. The van der Waals surface area contributed by atoms with E-state index in [1.54, 1.807) is 0 Å². The van der Waals surface area contributed by atoms with Gasteiger partial charge in [0.2, 0.25) is 0 Å². The summed E-state index contributed by atoms with van der Waals surface area (Å²) >= 11 is 3.42. The number of benzene rings is 1. The van der Waals surface area contributed by atoms with Crippen molar-refractivity contribution in [1.29, 1.82) is 0 Å². The molecule has 4 heteroatoms. The number of nitrogens with zero attached hydrogens (tertiary/aromatic N) is 1. The zero-order valence-corrected chi connectivity index (χ0v) is 11.9. The highest BCUT2D eigenvalue weighted by Crippen LogP contribution is 2.18. The van der Waals surface area contributed by atoms with Gasteiger partial charge in [-0.15, -0.1) is 0 Å². The summed E-state index contributed by atoms with van der Waals surface area (Å²) in [7, 11) is 0. The summed E-state index contributed by atoms with van der Waals surface area (Å²) in [6, 6.07) is 7.51. The lowest BCUT2D eigenvalue weighted by Gasteiger charge is -2.32. The number of piperidine rings is 1. The average molecular weight is 312 g/mol. The molecule has 0 unspecified atom stereocenters. The molecule has 1 N–H and O–H groups in total. The third kappa shape index (κ3) is 3.56. The molecular weight excluding hydrogens is 294 g/mol. The van der Waals surface area contributed by atoms with E-state index in [2.05, 4.69) is 20.8 Å². The topological polar surface area (TPSA) is 40.5 Å². The van der Waals surface area contributed by atoms with Crippen molar-refractivity contribution in [2.45, 2.75) is 31.7 Å². The van der Waals surface area contributed by atoms with Crippen LogP contribution < -0.4 is 0 Å². The Morgan fingerprint density at radius 1 is 1.33 bits per heavy atom. The molecule has 2 rings (SSSR count). The lowest BCUT2D eigenvalue weighted by Crippen LogP contribution is -2.45. The van der Waals surface area contributed by atoms with Crippen LogP contribution in [0.3, 0.4) is 0 Å². The highest BCUT2D eigenvalue weighted by atomic mass is 79.9. The molecule has 1 aliphatic rings. The van der Waals surface area contributed by atoms with Crippen LogP contribution in [-0.2, 0) is 11.2 Å². The SMILES string of the molecule is O=C(O)[C@@H](Cc1cccc(Br)c1)N1CCCCC1. The number of rotatable bonds is 4. The summed E-state index contributed by atoms with van der Waals surface area (Å²) in [5.41, 5.74) is 1.07. The number of likely N-dealkylation sites (tertiary alicyclic amines) is 1. The first-order valence-corrected chi connectivity index (χ1v) is 7.17. The predicted octanol–water partition coefficient (Wildman–Crippen LogP) is 2.93. The number of halogens is 1. The van der Waals surface area contributed by atoms with Gasteiger partial charge < -0.3 is 5.11 Å². The number of hydrogen-bond donors (Lipinski definition) is 1. The molecule has 1 aromatic carbocycles. The molecule has 3 nitrogen and oxygen atoms in total. The van der Waals surface area contributed by atoms with Gasteiger partial charge in [0.15, 0.2) is 0 Å². The van der Waals surface area contributed by atoms with Gasteiger partial charge in [-0.3, -0.25) is 9.69 Å². The summed E-state index contributed by atoms with van der Waals surface area (Å²) < 4.78 is 1.00. The van der Waals surface area contributed by atoms with E-state index in [4.69, 9.17) is 0 Å². The molecule has 0 radical (unpaired) electrons. The van der Waals surface area contributed by atoms with E-state index < -0.39 is 5.97 Å². The van der Waals surface area contributed by atoms with Crippen molar-refractivity contribution in [3.63, 3.8) is 0 Å². The van der Waals surface area contributed by atoms with Crippen molar-refractivity contribution < 1.29 is 9.90 Å². The second-order valence-corrected chi connectivity index (χ2v) is 5.70. The van der Waals surface area contributed by atoms with Gasteiger partial charge in [-0.05, 0) is 50.0 Å². The molecule has 1 saturated heterocycles. The molecule has 1 atom stereocenters. The Labute approximate surface area is 116 Å². The maximum Gasteiger partial charge on any atom is 0.321 e. The summed E-state index contributed by atoms with van der Waals surface area (Å²) in [5, 5.41) is 9.40. The molecule has 1 aromatic rings. The highest BCUT2D eigenvalue weighted by molar-refractivity contribution is 9.10. The third-order valence-corrected chi connectivity index (χ3v) is 3.93. The minimum atomic E-state index is -0.711. The minimum absolute atomic E-state index is 0.389. The second-order valence-electron chi connectivity index (χ2n) is 4.78. The van der Waals surface area contributed by atoms with Gasteiger partial charge in [0.05, 0.1) is 0 Å². The maximum atomic E-state index is 11.4. The molecule has 18 heavy (non-hydrogen) atoms. The second kappa shape index (κ2) is 6.34. The van der Waals surface area contributed by atoms with Gasteiger partial charge in [-0.2, -0.15) is 0 Å². The quantitative estimate of drug-likeness (QED) is 0.929. The smallest absolute Gasteiger partial charge is 0.321 e. The summed E-state index contributed by atoms with van der Waals surface area (Å²) in [6.07, 6.45) is 4.03. The Bertz CT molecular complexity index is 416. The van der Waals surface area contributed by atoms with Crippen LogP contribution in [0.1, 0.15) is 24.8 Å². The van der Waals surface area contributed by atoms with Crippen molar-refractivity contribution in [2.24, 2.45) is 0 Å². The van der Waals surface area contributed by atoms with Gasteiger partial charge in [0.1, 0.15) is 6.04 Å². The average Bonchev–Trinajstić information content (AvgIpc) is 2.37. The van der Waals surface area contributed by atoms with E-state index in [-0.39, 0.29) is 6.04 Å². The third-order valence-electron chi connectivity index (χ3n) is 3.43. The number of carboxylic acids is 1.